The molecule has 2 unspecified atom stereocenters. The number of hydrogen-bond acceptors (Lipinski definition) is 2. The number of carboxylic acid groups (broad SMARTS) is 1. The van der Waals surface area contributed by atoms with Gasteiger partial charge in [0.2, 0.25) is 0 Å². The molecule has 0 amide bonds. The largest absolute Gasteiger partial charge is 0.483 e. The first-order valence-corrected chi connectivity index (χ1v) is 6.10. The fourth-order valence-electron chi connectivity index (χ4n) is 2.55. The van der Waals surface area contributed by atoms with Gasteiger partial charge in [0.25, 0.3) is 6.47 Å². The van der Waals surface area contributed by atoms with E-state index >= 15 is 0 Å². The molecule has 2 atom stereocenters. The zero-order valence-electron chi connectivity index (χ0n) is 10.3. The van der Waals surface area contributed by atoms with Crippen LogP contribution in [-0.4, -0.2) is 17.6 Å². The highest BCUT2D eigenvalue weighted by Gasteiger charge is 2.20. The number of rotatable bonds is 2. The Kier molecular flexibility index (Phi) is 5.70. The lowest BCUT2D eigenvalue weighted by Gasteiger charge is -2.26. The van der Waals surface area contributed by atoms with Crippen LogP contribution in [0.4, 0.5) is 0 Å². The molecule has 0 spiro atoms. The zero-order chi connectivity index (χ0) is 12.7. The van der Waals surface area contributed by atoms with E-state index < -0.39 is 0 Å². The Morgan fingerprint density at radius 1 is 1.53 bits per heavy atom. The molecule has 0 heterocycles. The summed E-state index contributed by atoms with van der Waals surface area (Å²) in [5.41, 5.74) is 8.98. The molecule has 0 saturated carbocycles. The van der Waals surface area contributed by atoms with Gasteiger partial charge in [-0.15, -0.1) is 0 Å². The molecule has 0 aromatic heterocycles. The molecule has 3 heteroatoms. The van der Waals surface area contributed by atoms with E-state index in [0.717, 1.165) is 6.42 Å². The van der Waals surface area contributed by atoms with Crippen molar-refractivity contribution in [2.24, 2.45) is 5.73 Å². The van der Waals surface area contributed by atoms with Crippen molar-refractivity contribution in [3.05, 3.63) is 35.4 Å². The standard InChI is InChI=1S/C13H19N.CH2O2/c1-10(14)9-12-7-4-6-11-5-2-3-8-13(11)12;2-1-3/h2-3,5,8,10,12H,4,6-7,9,14H2,1H3;1H,(H,2,3). The molecule has 0 bridgehead atoms. The molecule has 1 aromatic rings. The topological polar surface area (TPSA) is 63.3 Å². The van der Waals surface area contributed by atoms with Gasteiger partial charge in [0.05, 0.1) is 0 Å². The highest BCUT2D eigenvalue weighted by Crippen LogP contribution is 2.34. The summed E-state index contributed by atoms with van der Waals surface area (Å²) in [6, 6.07) is 9.17. The summed E-state index contributed by atoms with van der Waals surface area (Å²) in [5, 5.41) is 6.89. The Bertz CT molecular complexity index is 350. The van der Waals surface area contributed by atoms with Crippen molar-refractivity contribution in [1.82, 2.24) is 0 Å². The molecule has 3 nitrogen and oxygen atoms in total. The minimum atomic E-state index is -0.250. The van der Waals surface area contributed by atoms with E-state index in [9.17, 15) is 0 Å². The summed E-state index contributed by atoms with van der Waals surface area (Å²) in [7, 11) is 0. The third-order valence-electron chi connectivity index (χ3n) is 3.15. The minimum Gasteiger partial charge on any atom is -0.483 e. The maximum atomic E-state index is 8.36. The second-order valence-electron chi connectivity index (χ2n) is 4.61. The van der Waals surface area contributed by atoms with E-state index in [-0.39, 0.29) is 6.47 Å². The lowest BCUT2D eigenvalue weighted by molar-refractivity contribution is -0.122. The maximum Gasteiger partial charge on any atom is 0.290 e. The van der Waals surface area contributed by atoms with E-state index in [1.54, 1.807) is 11.1 Å². The highest BCUT2D eigenvalue weighted by atomic mass is 16.3. The third kappa shape index (κ3) is 4.19. The van der Waals surface area contributed by atoms with Gasteiger partial charge in [-0.3, -0.25) is 4.79 Å². The normalized spacial score (nSPS) is 19.5. The summed E-state index contributed by atoms with van der Waals surface area (Å²) in [4.78, 5) is 8.36. The molecule has 0 radical (unpaired) electrons. The molecular weight excluding hydrogens is 214 g/mol. The monoisotopic (exact) mass is 235 g/mol. The van der Waals surface area contributed by atoms with Gasteiger partial charge in [-0.1, -0.05) is 24.3 Å². The molecule has 1 aromatic carbocycles. The van der Waals surface area contributed by atoms with Crippen molar-refractivity contribution >= 4 is 6.47 Å². The molecule has 0 fully saturated rings. The quantitative estimate of drug-likeness (QED) is 0.774. The number of aryl methyl sites for hydroxylation is 1. The molecule has 0 aliphatic heterocycles. The van der Waals surface area contributed by atoms with E-state index in [2.05, 4.69) is 31.2 Å². The van der Waals surface area contributed by atoms with Gasteiger partial charge in [0.1, 0.15) is 0 Å². The summed E-state index contributed by atoms with van der Waals surface area (Å²) in [6.45, 7) is 1.86. The fraction of sp³-hybridized carbons (Fsp3) is 0.500. The van der Waals surface area contributed by atoms with Crippen LogP contribution in [0.3, 0.4) is 0 Å². The van der Waals surface area contributed by atoms with Gasteiger partial charge in [-0.2, -0.15) is 0 Å². The average molecular weight is 235 g/mol. The van der Waals surface area contributed by atoms with Crippen LogP contribution in [0.1, 0.15) is 43.2 Å². The second-order valence-corrected chi connectivity index (χ2v) is 4.61. The van der Waals surface area contributed by atoms with Crippen molar-refractivity contribution in [3.63, 3.8) is 0 Å². The zero-order valence-corrected chi connectivity index (χ0v) is 10.3. The van der Waals surface area contributed by atoms with E-state index in [0.29, 0.717) is 12.0 Å². The number of nitrogens with two attached hydrogens (primary N) is 1. The van der Waals surface area contributed by atoms with Crippen LogP contribution in [0.15, 0.2) is 24.3 Å². The van der Waals surface area contributed by atoms with Crippen LogP contribution in [0.25, 0.3) is 0 Å². The molecular formula is C14H21NO2. The van der Waals surface area contributed by atoms with Crippen LogP contribution in [0, 0.1) is 0 Å². The molecule has 2 rings (SSSR count). The van der Waals surface area contributed by atoms with Gasteiger partial charge in [0.15, 0.2) is 0 Å². The first kappa shape index (κ1) is 13.7. The van der Waals surface area contributed by atoms with Crippen LogP contribution < -0.4 is 5.73 Å². The smallest absolute Gasteiger partial charge is 0.290 e. The predicted molar refractivity (Wildman–Crippen MR) is 69.1 cm³/mol. The van der Waals surface area contributed by atoms with Crippen molar-refractivity contribution in [1.29, 1.82) is 0 Å². The van der Waals surface area contributed by atoms with Crippen molar-refractivity contribution in [2.45, 2.75) is 44.6 Å². The predicted octanol–water partition coefficient (Wildman–Crippen LogP) is 2.54. The van der Waals surface area contributed by atoms with Crippen LogP contribution >= 0.6 is 0 Å². The summed E-state index contributed by atoms with van der Waals surface area (Å²) < 4.78 is 0. The van der Waals surface area contributed by atoms with Gasteiger partial charge in [-0.25, -0.2) is 0 Å². The Labute approximate surface area is 103 Å². The molecule has 17 heavy (non-hydrogen) atoms. The van der Waals surface area contributed by atoms with E-state index in [1.165, 1.54) is 19.3 Å². The lowest BCUT2D eigenvalue weighted by atomic mass is 9.80. The van der Waals surface area contributed by atoms with Crippen LogP contribution in [0.5, 0.6) is 0 Å². The van der Waals surface area contributed by atoms with Crippen LogP contribution in [0.2, 0.25) is 0 Å². The van der Waals surface area contributed by atoms with Crippen molar-refractivity contribution in [3.8, 4) is 0 Å². The van der Waals surface area contributed by atoms with Gasteiger partial charge >= 0.3 is 0 Å². The van der Waals surface area contributed by atoms with Crippen LogP contribution in [-0.2, 0) is 11.2 Å². The molecule has 94 valence electrons. The lowest BCUT2D eigenvalue weighted by Crippen LogP contribution is -2.21. The summed E-state index contributed by atoms with van der Waals surface area (Å²) >= 11 is 0. The minimum absolute atomic E-state index is 0.250. The first-order chi connectivity index (χ1) is 8.19. The van der Waals surface area contributed by atoms with E-state index in [1.807, 2.05) is 0 Å². The third-order valence-corrected chi connectivity index (χ3v) is 3.15. The second kappa shape index (κ2) is 7.07. The summed E-state index contributed by atoms with van der Waals surface area (Å²) in [6.07, 6.45) is 5.04. The number of benzene rings is 1. The fourth-order valence-corrected chi connectivity index (χ4v) is 2.55. The number of fused-ring (bicyclic) bond motifs is 1. The number of carbonyl (C=O) groups is 1. The Balaban J connectivity index is 0.000000437. The molecule has 0 saturated heterocycles. The van der Waals surface area contributed by atoms with Crippen molar-refractivity contribution in [2.75, 3.05) is 0 Å². The highest BCUT2D eigenvalue weighted by molar-refractivity contribution is 5.33. The van der Waals surface area contributed by atoms with Gasteiger partial charge in [-0.05, 0) is 49.7 Å². The summed E-state index contributed by atoms with van der Waals surface area (Å²) in [5.74, 6) is 0.708. The molecule has 1 aliphatic carbocycles. The molecule has 3 N–H and O–H groups in total. The Morgan fingerprint density at radius 2 is 2.18 bits per heavy atom. The van der Waals surface area contributed by atoms with Gasteiger partial charge in [0, 0.05) is 6.04 Å². The van der Waals surface area contributed by atoms with Crippen molar-refractivity contribution < 1.29 is 9.90 Å². The first-order valence-electron chi connectivity index (χ1n) is 6.10. The Hall–Kier alpha value is -1.35. The molecule has 1 aliphatic rings. The Morgan fingerprint density at radius 3 is 2.82 bits per heavy atom. The van der Waals surface area contributed by atoms with E-state index in [4.69, 9.17) is 15.6 Å². The van der Waals surface area contributed by atoms with Gasteiger partial charge < -0.3 is 10.8 Å². The SMILES string of the molecule is CC(N)CC1CCCc2ccccc21.O=CO. The maximum absolute atomic E-state index is 8.36. The average Bonchev–Trinajstić information content (AvgIpc) is 2.30. The number of hydrogen-bond donors (Lipinski definition) is 2.